The quantitative estimate of drug-likeness (QED) is 0.796. The van der Waals surface area contributed by atoms with Crippen molar-refractivity contribution >= 4 is 23.5 Å². The first-order valence-corrected chi connectivity index (χ1v) is 5.06. The third-order valence-corrected chi connectivity index (χ3v) is 2.44. The molecule has 0 bridgehead atoms. The molecule has 0 unspecified atom stereocenters. The number of benzene rings is 1. The Morgan fingerprint density at radius 3 is 1.82 bits per heavy atom. The van der Waals surface area contributed by atoms with E-state index in [-0.39, 0.29) is 40.1 Å². The maximum Gasteiger partial charge on any atom is 0.303 e. The maximum absolute atomic E-state index is 10.6. The van der Waals surface area contributed by atoms with Gasteiger partial charge in [-0.1, -0.05) is 23.7 Å². The molecular weight excluding hydrogens is 344 g/mol. The SMILES string of the molecule is O=C(O)CC(CC(=O)O)c1ccc(Cl)cc1.[Cd]. The zero-order chi connectivity index (χ0) is 12.1. The van der Waals surface area contributed by atoms with Gasteiger partial charge in [0, 0.05) is 38.2 Å². The average Bonchev–Trinajstić information content (AvgIpc) is 2.16. The number of carbonyl (C=O) groups is 2. The van der Waals surface area contributed by atoms with Crippen LogP contribution in [0.4, 0.5) is 0 Å². The van der Waals surface area contributed by atoms with E-state index in [4.69, 9.17) is 21.8 Å². The Morgan fingerprint density at radius 1 is 1.06 bits per heavy atom. The summed E-state index contributed by atoms with van der Waals surface area (Å²) < 4.78 is 0. The van der Waals surface area contributed by atoms with Gasteiger partial charge in [0.2, 0.25) is 0 Å². The molecule has 0 spiro atoms. The van der Waals surface area contributed by atoms with Crippen molar-refractivity contribution in [2.45, 2.75) is 18.8 Å². The van der Waals surface area contributed by atoms with Crippen LogP contribution in [-0.2, 0) is 36.9 Å². The van der Waals surface area contributed by atoms with Crippen LogP contribution in [0.15, 0.2) is 24.3 Å². The molecule has 0 heterocycles. The summed E-state index contributed by atoms with van der Waals surface area (Å²) in [5, 5.41) is 17.9. The number of hydrogen-bond donors (Lipinski definition) is 2. The van der Waals surface area contributed by atoms with Gasteiger partial charge in [-0.2, -0.15) is 0 Å². The van der Waals surface area contributed by atoms with Crippen molar-refractivity contribution in [1.29, 1.82) is 0 Å². The van der Waals surface area contributed by atoms with Crippen molar-refractivity contribution in [2.75, 3.05) is 0 Å². The topological polar surface area (TPSA) is 74.6 Å². The molecule has 1 rings (SSSR count). The Labute approximate surface area is 124 Å². The van der Waals surface area contributed by atoms with Gasteiger partial charge in [-0.25, -0.2) is 0 Å². The van der Waals surface area contributed by atoms with Gasteiger partial charge in [0.05, 0.1) is 12.8 Å². The summed E-state index contributed by atoms with van der Waals surface area (Å²) in [6, 6.07) is 6.54. The minimum Gasteiger partial charge on any atom is -0.481 e. The van der Waals surface area contributed by atoms with E-state index >= 15 is 0 Å². The average molecular weight is 355 g/mol. The van der Waals surface area contributed by atoms with Crippen LogP contribution in [0.5, 0.6) is 0 Å². The van der Waals surface area contributed by atoms with Crippen molar-refractivity contribution in [2.24, 2.45) is 0 Å². The van der Waals surface area contributed by atoms with Gasteiger partial charge >= 0.3 is 11.9 Å². The molecule has 0 radical (unpaired) electrons. The minimum absolute atomic E-state index is 0. The van der Waals surface area contributed by atoms with E-state index in [9.17, 15) is 9.59 Å². The van der Waals surface area contributed by atoms with Gasteiger partial charge < -0.3 is 10.2 Å². The van der Waals surface area contributed by atoms with Crippen LogP contribution < -0.4 is 0 Å². The largest absolute Gasteiger partial charge is 0.481 e. The van der Waals surface area contributed by atoms with Crippen LogP contribution in [-0.4, -0.2) is 22.2 Å². The Kier molecular flexibility index (Phi) is 7.37. The van der Waals surface area contributed by atoms with E-state index in [2.05, 4.69) is 0 Å². The van der Waals surface area contributed by atoms with E-state index in [1.165, 1.54) is 0 Å². The molecule has 0 aliphatic heterocycles. The second-order valence-electron chi connectivity index (χ2n) is 3.44. The molecule has 0 saturated heterocycles. The van der Waals surface area contributed by atoms with Gasteiger partial charge in [0.15, 0.2) is 0 Å². The van der Waals surface area contributed by atoms with Gasteiger partial charge in [-0.05, 0) is 17.7 Å². The number of hydrogen-bond acceptors (Lipinski definition) is 2. The summed E-state index contributed by atoms with van der Waals surface area (Å²) in [6.45, 7) is 0. The predicted octanol–water partition coefficient (Wildman–Crippen LogP) is 2.37. The van der Waals surface area contributed by atoms with E-state index in [0.717, 1.165) is 0 Å². The molecule has 1 aromatic carbocycles. The molecule has 0 aliphatic rings. The summed E-state index contributed by atoms with van der Waals surface area (Å²) in [5.74, 6) is -2.55. The Morgan fingerprint density at radius 2 is 1.47 bits per heavy atom. The first-order valence-electron chi connectivity index (χ1n) is 4.68. The standard InChI is InChI=1S/C11H11ClO4.Cd/c12-9-3-1-7(2-4-9)8(5-10(13)14)6-11(15)16;/h1-4,8H,5-6H2,(H,13,14)(H,15,16);. The van der Waals surface area contributed by atoms with Gasteiger partial charge in [-0.3, -0.25) is 9.59 Å². The van der Waals surface area contributed by atoms with Crippen molar-refractivity contribution in [1.82, 2.24) is 0 Å². The molecule has 6 heteroatoms. The molecule has 4 nitrogen and oxygen atoms in total. The molecule has 0 saturated carbocycles. The molecule has 0 fully saturated rings. The fraction of sp³-hybridized carbons (Fsp3) is 0.273. The summed E-state index contributed by atoms with van der Waals surface area (Å²) in [7, 11) is 0. The molecule has 0 amide bonds. The first-order chi connectivity index (χ1) is 7.49. The first kappa shape index (κ1) is 16.4. The number of carboxylic acids is 2. The maximum atomic E-state index is 10.6. The fourth-order valence-electron chi connectivity index (χ4n) is 1.46. The van der Waals surface area contributed by atoms with Crippen LogP contribution in [0.1, 0.15) is 24.3 Å². The molecule has 1 aromatic rings. The second-order valence-corrected chi connectivity index (χ2v) is 3.88. The zero-order valence-electron chi connectivity index (χ0n) is 9.10. The van der Waals surface area contributed by atoms with Crippen molar-refractivity contribution in [3.05, 3.63) is 34.9 Å². The van der Waals surface area contributed by atoms with Crippen molar-refractivity contribution < 1.29 is 47.1 Å². The summed E-state index contributed by atoms with van der Waals surface area (Å²) in [4.78, 5) is 21.2. The van der Waals surface area contributed by atoms with Crippen LogP contribution in [0.2, 0.25) is 5.02 Å². The van der Waals surface area contributed by atoms with E-state index in [1.54, 1.807) is 24.3 Å². The molecule has 17 heavy (non-hydrogen) atoms. The Hall–Kier alpha value is -0.628. The third-order valence-electron chi connectivity index (χ3n) is 2.18. The fourth-order valence-corrected chi connectivity index (χ4v) is 1.59. The number of carboxylic acid groups (broad SMARTS) is 2. The molecule has 0 atom stereocenters. The summed E-state index contributed by atoms with van der Waals surface area (Å²) >= 11 is 5.70. The Balaban J connectivity index is 0.00000256. The third kappa shape index (κ3) is 6.02. The second kappa shape index (κ2) is 7.65. The number of halogens is 1. The predicted molar refractivity (Wildman–Crippen MR) is 58.7 cm³/mol. The zero-order valence-corrected chi connectivity index (χ0v) is 13.9. The van der Waals surface area contributed by atoms with E-state index < -0.39 is 17.9 Å². The van der Waals surface area contributed by atoms with Gasteiger partial charge in [-0.15, -0.1) is 0 Å². The molecular formula is C11H11CdClO4. The number of aliphatic carboxylic acids is 2. The monoisotopic (exact) mass is 356 g/mol. The van der Waals surface area contributed by atoms with Crippen LogP contribution in [0.25, 0.3) is 0 Å². The summed E-state index contributed by atoms with van der Waals surface area (Å²) in [6.07, 6.45) is -0.401. The van der Waals surface area contributed by atoms with Crippen LogP contribution in [0, 0.1) is 0 Å². The number of rotatable bonds is 5. The molecule has 88 valence electrons. The van der Waals surface area contributed by atoms with Crippen molar-refractivity contribution in [3.63, 3.8) is 0 Å². The van der Waals surface area contributed by atoms with Gasteiger partial charge in [0.1, 0.15) is 0 Å². The van der Waals surface area contributed by atoms with Crippen LogP contribution in [0.3, 0.4) is 0 Å². The normalized spacial score (nSPS) is 9.76. The van der Waals surface area contributed by atoms with E-state index in [1.807, 2.05) is 0 Å². The van der Waals surface area contributed by atoms with E-state index in [0.29, 0.717) is 10.6 Å². The molecule has 0 aliphatic carbocycles. The van der Waals surface area contributed by atoms with Crippen molar-refractivity contribution in [3.8, 4) is 0 Å². The smallest absolute Gasteiger partial charge is 0.303 e. The molecule has 0 aromatic heterocycles. The summed E-state index contributed by atoms with van der Waals surface area (Å²) in [5.41, 5.74) is 0.675. The minimum atomic E-state index is -1.01. The Bertz CT molecular complexity index is 375. The molecule has 2 N–H and O–H groups in total. The van der Waals surface area contributed by atoms with Crippen LogP contribution >= 0.6 is 11.6 Å². The van der Waals surface area contributed by atoms with Gasteiger partial charge in [0.25, 0.3) is 0 Å².